The molecule has 3 aromatic carbocycles. The molecule has 0 aliphatic carbocycles. The van der Waals surface area contributed by atoms with Gasteiger partial charge in [0, 0.05) is 12.5 Å². The van der Waals surface area contributed by atoms with Crippen molar-refractivity contribution >= 4 is 10.9 Å². The zero-order valence-electron chi connectivity index (χ0n) is 16.3. The average Bonchev–Trinajstić information content (AvgIpc) is 2.76. The van der Waals surface area contributed by atoms with Gasteiger partial charge >= 0.3 is 6.18 Å². The lowest BCUT2D eigenvalue weighted by Crippen LogP contribution is -2.26. The predicted octanol–water partition coefficient (Wildman–Crippen LogP) is 6.71. The van der Waals surface area contributed by atoms with Gasteiger partial charge in [0.25, 0.3) is 0 Å². The highest BCUT2D eigenvalue weighted by atomic mass is 32.2. The fraction of sp³-hybridized carbons (Fsp3) is 0.250. The minimum Gasteiger partial charge on any atom is -0.464 e. The summed E-state index contributed by atoms with van der Waals surface area (Å²) in [5.74, 6) is -0.170. The maximum Gasteiger partial charge on any atom is 0.419 e. The van der Waals surface area contributed by atoms with Crippen LogP contribution in [-0.2, 0) is 21.8 Å². The molecule has 30 heavy (non-hydrogen) atoms. The Morgan fingerprint density at radius 2 is 1.43 bits per heavy atom. The fourth-order valence-electron chi connectivity index (χ4n) is 3.43. The summed E-state index contributed by atoms with van der Waals surface area (Å²) in [7, 11) is -0.555. The van der Waals surface area contributed by atoms with Gasteiger partial charge in [0.2, 0.25) is 0 Å². The lowest BCUT2D eigenvalue weighted by atomic mass is 10.2. The van der Waals surface area contributed by atoms with Crippen LogP contribution in [0, 0.1) is 0 Å². The van der Waals surface area contributed by atoms with Crippen molar-refractivity contribution in [1.29, 1.82) is 0 Å². The minimum atomic E-state index is -4.50. The van der Waals surface area contributed by atoms with Gasteiger partial charge in [0.1, 0.15) is 5.75 Å². The molecule has 1 fully saturated rings. The molecule has 0 saturated carbocycles. The minimum absolute atomic E-state index is 0.170. The highest BCUT2D eigenvalue weighted by Gasteiger charge is 2.38. The topological polar surface area (TPSA) is 18.5 Å². The van der Waals surface area contributed by atoms with E-state index in [9.17, 15) is 13.2 Å². The van der Waals surface area contributed by atoms with E-state index >= 15 is 0 Å². The molecule has 1 atom stereocenters. The molecule has 2 nitrogen and oxygen atoms in total. The maximum atomic E-state index is 13.7. The predicted molar refractivity (Wildman–Crippen MR) is 111 cm³/mol. The molecule has 1 aliphatic heterocycles. The molecule has 1 unspecified atom stereocenters. The van der Waals surface area contributed by atoms with E-state index in [4.69, 9.17) is 9.47 Å². The Labute approximate surface area is 177 Å². The zero-order valence-corrected chi connectivity index (χ0v) is 17.1. The quantitative estimate of drug-likeness (QED) is 0.418. The second-order valence-electron chi connectivity index (χ2n) is 7.00. The van der Waals surface area contributed by atoms with Gasteiger partial charge in [-0.1, -0.05) is 36.4 Å². The highest BCUT2D eigenvalue weighted by Crippen LogP contribution is 2.41. The summed E-state index contributed by atoms with van der Waals surface area (Å²) in [6.45, 7) is 0.504. The highest BCUT2D eigenvalue weighted by molar-refractivity contribution is 7.97. The lowest BCUT2D eigenvalue weighted by Gasteiger charge is -2.25. The molecule has 0 spiro atoms. The van der Waals surface area contributed by atoms with E-state index in [1.54, 1.807) is 6.07 Å². The van der Waals surface area contributed by atoms with Crippen LogP contribution in [0.3, 0.4) is 0 Å². The van der Waals surface area contributed by atoms with Crippen LogP contribution in [0.1, 0.15) is 24.8 Å². The van der Waals surface area contributed by atoms with Crippen molar-refractivity contribution < 1.29 is 22.6 Å². The third kappa shape index (κ3) is 4.82. The summed E-state index contributed by atoms with van der Waals surface area (Å²) in [6.07, 6.45) is -2.78. The molecule has 6 heteroatoms. The van der Waals surface area contributed by atoms with Crippen molar-refractivity contribution in [3.63, 3.8) is 0 Å². The van der Waals surface area contributed by atoms with Crippen LogP contribution in [0.5, 0.6) is 5.75 Å². The SMILES string of the molecule is FC(F)(F)c1ccc([S+](c2ccccc2)c2ccccc2)cc1OC1CCCCO1. The number of benzene rings is 3. The van der Waals surface area contributed by atoms with Crippen molar-refractivity contribution in [2.75, 3.05) is 6.61 Å². The summed E-state index contributed by atoms with van der Waals surface area (Å²) < 4.78 is 52.3. The van der Waals surface area contributed by atoms with E-state index in [1.807, 2.05) is 60.7 Å². The number of ether oxygens (including phenoxy) is 2. The summed E-state index contributed by atoms with van der Waals surface area (Å²) in [5.41, 5.74) is -0.773. The van der Waals surface area contributed by atoms with Gasteiger partial charge in [-0.3, -0.25) is 0 Å². The van der Waals surface area contributed by atoms with Crippen molar-refractivity contribution in [1.82, 2.24) is 0 Å². The van der Waals surface area contributed by atoms with E-state index in [0.717, 1.165) is 33.6 Å². The van der Waals surface area contributed by atoms with Crippen molar-refractivity contribution in [2.24, 2.45) is 0 Å². The third-order valence-corrected chi connectivity index (χ3v) is 7.06. The van der Waals surface area contributed by atoms with Gasteiger partial charge in [0.15, 0.2) is 21.0 Å². The molecule has 0 radical (unpaired) electrons. The van der Waals surface area contributed by atoms with Crippen LogP contribution in [0.2, 0.25) is 0 Å². The smallest absolute Gasteiger partial charge is 0.419 e. The molecule has 1 saturated heterocycles. The Hall–Kier alpha value is -2.44. The molecule has 0 amide bonds. The molecular weight excluding hydrogens is 409 g/mol. The van der Waals surface area contributed by atoms with E-state index in [0.29, 0.717) is 13.0 Å². The first-order valence-corrected chi connectivity index (χ1v) is 11.1. The Balaban J connectivity index is 1.78. The fourth-order valence-corrected chi connectivity index (χ4v) is 5.53. The van der Waals surface area contributed by atoms with Crippen molar-refractivity contribution in [2.45, 2.75) is 46.4 Å². The number of hydrogen-bond donors (Lipinski definition) is 0. The maximum absolute atomic E-state index is 13.7. The van der Waals surface area contributed by atoms with Crippen LogP contribution >= 0.6 is 0 Å². The van der Waals surface area contributed by atoms with Gasteiger partial charge in [-0.15, -0.1) is 0 Å². The van der Waals surface area contributed by atoms with Crippen LogP contribution in [0.15, 0.2) is 93.5 Å². The second kappa shape index (κ2) is 9.14. The standard InChI is InChI=1S/C24H22F3O2S/c25-24(26,27)21-15-14-20(17-22(21)29-23-13-7-8-16-28-23)30(18-9-3-1-4-10-18)19-11-5-2-6-12-19/h1-6,9-12,14-15,17,23H,7-8,13,16H2/q+1. The molecule has 1 heterocycles. The van der Waals surface area contributed by atoms with E-state index in [-0.39, 0.29) is 5.75 Å². The molecule has 0 bridgehead atoms. The van der Waals surface area contributed by atoms with Gasteiger partial charge < -0.3 is 9.47 Å². The van der Waals surface area contributed by atoms with Crippen LogP contribution in [0.25, 0.3) is 0 Å². The van der Waals surface area contributed by atoms with Crippen LogP contribution in [-0.4, -0.2) is 12.9 Å². The van der Waals surface area contributed by atoms with Gasteiger partial charge in [-0.05, 0) is 49.2 Å². The van der Waals surface area contributed by atoms with Gasteiger partial charge in [0.05, 0.1) is 23.1 Å². The first-order chi connectivity index (χ1) is 14.5. The molecule has 4 rings (SSSR count). The van der Waals surface area contributed by atoms with E-state index in [2.05, 4.69) is 0 Å². The number of halogens is 3. The summed E-state index contributed by atoms with van der Waals surface area (Å²) in [4.78, 5) is 2.83. The molecule has 156 valence electrons. The molecule has 0 aromatic heterocycles. The zero-order chi connectivity index (χ0) is 21.0. The summed E-state index contributed by atoms with van der Waals surface area (Å²) in [5, 5.41) is 0. The van der Waals surface area contributed by atoms with Crippen LogP contribution < -0.4 is 4.74 Å². The molecule has 3 aromatic rings. The molecule has 0 N–H and O–H groups in total. The first kappa shape index (κ1) is 20.8. The number of rotatable bonds is 5. The Bertz CT molecular complexity index is 916. The normalized spacial score (nSPS) is 17.1. The molecule has 1 aliphatic rings. The molecular formula is C24H22F3O2S+. The second-order valence-corrected chi connectivity index (χ2v) is 9.03. The number of hydrogen-bond acceptors (Lipinski definition) is 2. The summed E-state index contributed by atoms with van der Waals surface area (Å²) >= 11 is 0. The Kier molecular flexibility index (Phi) is 6.35. The Morgan fingerprint density at radius 3 is 1.97 bits per heavy atom. The van der Waals surface area contributed by atoms with Crippen LogP contribution in [0.4, 0.5) is 13.2 Å². The number of alkyl halides is 3. The average molecular weight is 431 g/mol. The van der Waals surface area contributed by atoms with E-state index < -0.39 is 28.9 Å². The largest absolute Gasteiger partial charge is 0.464 e. The van der Waals surface area contributed by atoms with Crippen molar-refractivity contribution in [3.05, 3.63) is 84.4 Å². The third-order valence-electron chi connectivity index (χ3n) is 4.85. The van der Waals surface area contributed by atoms with Gasteiger partial charge in [-0.2, -0.15) is 13.2 Å². The van der Waals surface area contributed by atoms with Gasteiger partial charge in [-0.25, -0.2) is 0 Å². The monoisotopic (exact) mass is 431 g/mol. The Morgan fingerprint density at radius 1 is 0.800 bits per heavy atom. The van der Waals surface area contributed by atoms with E-state index in [1.165, 1.54) is 6.07 Å². The van der Waals surface area contributed by atoms with Crippen molar-refractivity contribution in [3.8, 4) is 5.75 Å². The lowest BCUT2D eigenvalue weighted by molar-refractivity contribution is -0.145. The first-order valence-electron chi connectivity index (χ1n) is 9.86. The summed E-state index contributed by atoms with van der Waals surface area (Å²) in [6, 6.07) is 23.8.